The van der Waals surface area contributed by atoms with Gasteiger partial charge in [0.15, 0.2) is 0 Å². The van der Waals surface area contributed by atoms with Crippen LogP contribution in [-0.2, 0) is 14.3 Å². The molecule has 7 heteroatoms. The highest BCUT2D eigenvalue weighted by atomic mass is 32.2. The minimum Gasteiger partial charge on any atom is -0.480 e. The van der Waals surface area contributed by atoms with Crippen LogP contribution in [-0.4, -0.2) is 28.5 Å². The first kappa shape index (κ1) is 15.3. The van der Waals surface area contributed by atoms with E-state index >= 15 is 0 Å². The molecule has 0 saturated carbocycles. The van der Waals surface area contributed by atoms with Gasteiger partial charge in [0.05, 0.1) is 6.42 Å². The molecule has 1 aromatic rings. The molecule has 0 aromatic heterocycles. The van der Waals surface area contributed by atoms with Crippen LogP contribution in [0.1, 0.15) is 13.3 Å². The Morgan fingerprint density at radius 2 is 2.05 bits per heavy atom. The minimum atomic E-state index is -1.10. The number of carbonyl (C=O) groups is 2. The van der Waals surface area contributed by atoms with E-state index < -0.39 is 23.4 Å². The largest absolute Gasteiger partial charge is 0.480 e. The van der Waals surface area contributed by atoms with Gasteiger partial charge in [-0.2, -0.15) is 0 Å². The highest BCUT2D eigenvalue weighted by molar-refractivity contribution is 8.00. The average Bonchev–Trinajstić information content (AvgIpc) is 2.29. The Bertz CT molecular complexity index is 465. The maximum absolute atomic E-state index is 11.4. The predicted molar refractivity (Wildman–Crippen MR) is 72.5 cm³/mol. The SMILES string of the molecule is CC(N)OC(=O)CC(Sc1ccccc1N)C(=O)O. The number of esters is 1. The first-order valence-electron chi connectivity index (χ1n) is 5.59. The number of carbonyl (C=O) groups excluding carboxylic acids is 1. The van der Waals surface area contributed by atoms with E-state index in [4.69, 9.17) is 21.3 Å². The lowest BCUT2D eigenvalue weighted by Crippen LogP contribution is -2.27. The van der Waals surface area contributed by atoms with Crippen LogP contribution in [0.3, 0.4) is 0 Å². The van der Waals surface area contributed by atoms with Gasteiger partial charge >= 0.3 is 11.9 Å². The minimum absolute atomic E-state index is 0.268. The fourth-order valence-corrected chi connectivity index (χ4v) is 2.32. The van der Waals surface area contributed by atoms with Gasteiger partial charge in [-0.3, -0.25) is 15.3 Å². The van der Waals surface area contributed by atoms with Crippen molar-refractivity contribution in [3.05, 3.63) is 24.3 Å². The van der Waals surface area contributed by atoms with Gasteiger partial charge in [0.1, 0.15) is 11.5 Å². The Morgan fingerprint density at radius 3 is 2.58 bits per heavy atom. The average molecular weight is 284 g/mol. The Hall–Kier alpha value is -1.73. The van der Waals surface area contributed by atoms with Gasteiger partial charge in [-0.15, -0.1) is 11.8 Å². The Balaban J connectivity index is 2.71. The molecule has 0 bridgehead atoms. The van der Waals surface area contributed by atoms with Gasteiger partial charge in [-0.05, 0) is 19.1 Å². The summed E-state index contributed by atoms with van der Waals surface area (Å²) in [5, 5.41) is 8.15. The van der Waals surface area contributed by atoms with Crippen molar-refractivity contribution < 1.29 is 19.4 Å². The number of nitrogen functional groups attached to an aromatic ring is 1. The van der Waals surface area contributed by atoms with Crippen LogP contribution in [0, 0.1) is 0 Å². The zero-order chi connectivity index (χ0) is 14.4. The molecule has 0 aliphatic heterocycles. The third-order valence-electron chi connectivity index (χ3n) is 2.13. The number of anilines is 1. The lowest BCUT2D eigenvalue weighted by atomic mass is 10.3. The monoisotopic (exact) mass is 284 g/mol. The van der Waals surface area contributed by atoms with E-state index in [1.165, 1.54) is 6.92 Å². The molecule has 0 aliphatic rings. The third-order valence-corrected chi connectivity index (χ3v) is 3.41. The van der Waals surface area contributed by atoms with Crippen LogP contribution in [0.5, 0.6) is 0 Å². The Kier molecular flexibility index (Phi) is 5.65. The topological polar surface area (TPSA) is 116 Å². The number of aliphatic carboxylic acids is 1. The predicted octanol–water partition coefficient (Wildman–Crippen LogP) is 1.05. The van der Waals surface area contributed by atoms with Gasteiger partial charge in [-0.25, -0.2) is 0 Å². The molecule has 104 valence electrons. The molecule has 0 radical (unpaired) electrons. The Labute approximate surface area is 115 Å². The number of ether oxygens (including phenoxy) is 1. The van der Waals surface area contributed by atoms with Gasteiger partial charge in [0.25, 0.3) is 0 Å². The number of benzene rings is 1. The molecule has 2 unspecified atom stereocenters. The van der Waals surface area contributed by atoms with Crippen molar-refractivity contribution in [3.8, 4) is 0 Å². The van der Waals surface area contributed by atoms with Crippen LogP contribution in [0.15, 0.2) is 29.2 Å². The van der Waals surface area contributed by atoms with Crippen LogP contribution in [0.25, 0.3) is 0 Å². The highest BCUT2D eigenvalue weighted by Crippen LogP contribution is 2.30. The molecule has 0 amide bonds. The van der Waals surface area contributed by atoms with Crippen molar-refractivity contribution >= 4 is 29.4 Å². The number of thioether (sulfide) groups is 1. The van der Waals surface area contributed by atoms with Gasteiger partial charge < -0.3 is 15.6 Å². The normalized spacial score (nSPS) is 13.6. The summed E-state index contributed by atoms with van der Waals surface area (Å²) < 4.78 is 4.73. The molecular formula is C12H16N2O4S. The smallest absolute Gasteiger partial charge is 0.317 e. The summed E-state index contributed by atoms with van der Waals surface area (Å²) in [5.74, 6) is -1.75. The molecule has 1 aromatic carbocycles. The summed E-state index contributed by atoms with van der Waals surface area (Å²) in [5.41, 5.74) is 11.5. The molecule has 0 spiro atoms. The van der Waals surface area contributed by atoms with E-state index in [2.05, 4.69) is 0 Å². The molecule has 5 N–H and O–H groups in total. The summed E-state index contributed by atoms with van der Waals surface area (Å²) in [6.07, 6.45) is -1.02. The number of hydrogen-bond acceptors (Lipinski definition) is 6. The second-order valence-corrected chi connectivity index (χ2v) is 5.13. The number of para-hydroxylation sites is 1. The molecular weight excluding hydrogens is 268 g/mol. The number of nitrogens with two attached hydrogens (primary N) is 2. The quantitative estimate of drug-likeness (QED) is 0.309. The van der Waals surface area contributed by atoms with E-state index in [9.17, 15) is 9.59 Å². The number of hydrogen-bond donors (Lipinski definition) is 3. The van der Waals surface area contributed by atoms with Crippen molar-refractivity contribution in [1.29, 1.82) is 0 Å². The van der Waals surface area contributed by atoms with Crippen LogP contribution < -0.4 is 11.5 Å². The summed E-state index contributed by atoms with van der Waals surface area (Å²) in [6, 6.07) is 6.87. The van der Waals surface area contributed by atoms with Gasteiger partial charge in [0.2, 0.25) is 0 Å². The highest BCUT2D eigenvalue weighted by Gasteiger charge is 2.24. The summed E-state index contributed by atoms with van der Waals surface area (Å²) in [4.78, 5) is 23.2. The summed E-state index contributed by atoms with van der Waals surface area (Å²) in [6.45, 7) is 1.50. The molecule has 2 atom stereocenters. The zero-order valence-corrected chi connectivity index (χ0v) is 11.2. The van der Waals surface area contributed by atoms with E-state index in [1.54, 1.807) is 24.3 Å². The van der Waals surface area contributed by atoms with Crippen molar-refractivity contribution in [2.75, 3.05) is 5.73 Å². The first-order chi connectivity index (χ1) is 8.90. The second-order valence-electron chi connectivity index (χ2n) is 3.88. The Morgan fingerprint density at radius 1 is 1.42 bits per heavy atom. The zero-order valence-electron chi connectivity index (χ0n) is 10.4. The van der Waals surface area contributed by atoms with Gasteiger partial charge in [-0.1, -0.05) is 12.1 Å². The summed E-state index contributed by atoms with van der Waals surface area (Å²) >= 11 is 1.01. The second kappa shape index (κ2) is 7.01. The van der Waals surface area contributed by atoms with Crippen molar-refractivity contribution in [1.82, 2.24) is 0 Å². The van der Waals surface area contributed by atoms with E-state index in [0.717, 1.165) is 11.8 Å². The van der Waals surface area contributed by atoms with E-state index in [1.807, 2.05) is 0 Å². The third kappa shape index (κ3) is 5.19. The molecule has 0 heterocycles. The van der Waals surface area contributed by atoms with Gasteiger partial charge in [0, 0.05) is 10.6 Å². The van der Waals surface area contributed by atoms with Crippen molar-refractivity contribution in [2.45, 2.75) is 29.7 Å². The molecule has 1 rings (SSSR count). The molecule has 0 saturated heterocycles. The van der Waals surface area contributed by atoms with Crippen LogP contribution >= 0.6 is 11.8 Å². The fourth-order valence-electron chi connectivity index (χ4n) is 1.33. The van der Waals surface area contributed by atoms with Crippen LogP contribution in [0.4, 0.5) is 5.69 Å². The lowest BCUT2D eigenvalue weighted by molar-refractivity contribution is -0.150. The number of carboxylic acid groups (broad SMARTS) is 1. The molecule has 19 heavy (non-hydrogen) atoms. The maximum atomic E-state index is 11.4. The van der Waals surface area contributed by atoms with E-state index in [0.29, 0.717) is 10.6 Å². The summed E-state index contributed by atoms with van der Waals surface area (Å²) in [7, 11) is 0. The van der Waals surface area contributed by atoms with Crippen molar-refractivity contribution in [3.63, 3.8) is 0 Å². The van der Waals surface area contributed by atoms with Crippen molar-refractivity contribution in [2.24, 2.45) is 5.73 Å². The molecule has 6 nitrogen and oxygen atoms in total. The number of carboxylic acids is 1. The molecule has 0 fully saturated rings. The maximum Gasteiger partial charge on any atom is 0.317 e. The standard InChI is InChI=1S/C12H16N2O4S/c1-7(13)18-11(15)6-10(12(16)17)19-9-5-3-2-4-8(9)14/h2-5,7,10H,6,13-14H2,1H3,(H,16,17). The number of rotatable bonds is 6. The molecule has 0 aliphatic carbocycles. The van der Waals surface area contributed by atoms with E-state index in [-0.39, 0.29) is 6.42 Å². The van der Waals surface area contributed by atoms with Crippen LogP contribution in [0.2, 0.25) is 0 Å². The first-order valence-corrected chi connectivity index (χ1v) is 6.47. The lowest BCUT2D eigenvalue weighted by Gasteiger charge is -2.14. The fraction of sp³-hybridized carbons (Fsp3) is 0.333.